The first-order valence-electron chi connectivity index (χ1n) is 8.57. The number of carbonyl (C=O) groups is 3. The number of nitrogens with one attached hydrogen (secondary N) is 2. The van der Waals surface area contributed by atoms with Gasteiger partial charge in [-0.05, 0) is 48.4 Å². The van der Waals surface area contributed by atoms with Crippen molar-refractivity contribution in [2.45, 2.75) is 12.8 Å². The fourth-order valence-electron chi connectivity index (χ4n) is 2.23. The number of hydrogen-bond donors (Lipinski definition) is 2. The van der Waals surface area contributed by atoms with E-state index in [2.05, 4.69) is 10.6 Å². The molecule has 148 valence electrons. The van der Waals surface area contributed by atoms with Gasteiger partial charge < -0.3 is 20.1 Å². The van der Waals surface area contributed by atoms with Gasteiger partial charge in [-0.3, -0.25) is 14.4 Å². The lowest BCUT2D eigenvalue weighted by atomic mass is 10.1. The van der Waals surface area contributed by atoms with Crippen molar-refractivity contribution in [2.24, 2.45) is 0 Å². The Kier molecular flexibility index (Phi) is 7.95. The maximum absolute atomic E-state index is 12.8. The van der Waals surface area contributed by atoms with Crippen LogP contribution in [0.2, 0.25) is 0 Å². The van der Waals surface area contributed by atoms with E-state index in [-0.39, 0.29) is 13.0 Å². The van der Waals surface area contributed by atoms with Crippen molar-refractivity contribution < 1.29 is 28.2 Å². The second-order valence-corrected chi connectivity index (χ2v) is 5.84. The summed E-state index contributed by atoms with van der Waals surface area (Å²) in [7, 11) is 1.57. The molecule has 0 unspecified atom stereocenters. The Hall–Kier alpha value is -3.42. The van der Waals surface area contributed by atoms with Gasteiger partial charge in [-0.25, -0.2) is 4.39 Å². The zero-order valence-corrected chi connectivity index (χ0v) is 15.4. The molecule has 2 amide bonds. The topological polar surface area (TPSA) is 93.7 Å². The number of rotatable bonds is 9. The zero-order valence-electron chi connectivity index (χ0n) is 15.4. The number of hydrogen-bond acceptors (Lipinski definition) is 5. The summed E-state index contributed by atoms with van der Waals surface area (Å²) in [6.07, 6.45) is 0.606. The summed E-state index contributed by atoms with van der Waals surface area (Å²) in [5.41, 5.74) is 1.35. The molecule has 0 saturated carbocycles. The molecule has 0 aliphatic heterocycles. The van der Waals surface area contributed by atoms with Crippen molar-refractivity contribution >= 4 is 23.5 Å². The van der Waals surface area contributed by atoms with Crippen LogP contribution < -0.4 is 15.4 Å². The Labute approximate surface area is 161 Å². The SMILES string of the molecule is COc1ccc(CCC(=O)OCC(=O)NCC(=O)Nc2ccc(F)cc2)cc1. The molecule has 0 atom stereocenters. The Bertz CT molecular complexity index is 806. The van der Waals surface area contributed by atoms with Crippen LogP contribution in [0, 0.1) is 5.82 Å². The monoisotopic (exact) mass is 388 g/mol. The number of esters is 1. The smallest absolute Gasteiger partial charge is 0.306 e. The molecule has 7 nitrogen and oxygen atoms in total. The Balaban J connectivity index is 1.62. The molecule has 0 fully saturated rings. The number of ether oxygens (including phenoxy) is 2. The fraction of sp³-hybridized carbons (Fsp3) is 0.250. The first kappa shape index (κ1) is 20.9. The van der Waals surface area contributed by atoms with E-state index in [1.54, 1.807) is 19.2 Å². The van der Waals surface area contributed by atoms with Crippen molar-refractivity contribution in [3.8, 4) is 5.75 Å². The van der Waals surface area contributed by atoms with Crippen molar-refractivity contribution in [1.29, 1.82) is 0 Å². The van der Waals surface area contributed by atoms with Gasteiger partial charge in [-0.15, -0.1) is 0 Å². The van der Waals surface area contributed by atoms with Gasteiger partial charge in [0, 0.05) is 12.1 Å². The zero-order chi connectivity index (χ0) is 20.4. The number of aryl methyl sites for hydroxylation is 1. The quantitative estimate of drug-likeness (QED) is 0.642. The van der Waals surface area contributed by atoms with Crippen LogP contribution in [0.5, 0.6) is 5.75 Å². The van der Waals surface area contributed by atoms with Crippen LogP contribution in [-0.4, -0.2) is 38.0 Å². The van der Waals surface area contributed by atoms with Gasteiger partial charge in [0.15, 0.2) is 6.61 Å². The van der Waals surface area contributed by atoms with E-state index in [1.165, 1.54) is 24.3 Å². The molecule has 0 aliphatic carbocycles. The summed E-state index contributed by atoms with van der Waals surface area (Å²) in [4.78, 5) is 35.1. The third kappa shape index (κ3) is 7.45. The Morgan fingerprint density at radius 3 is 2.29 bits per heavy atom. The van der Waals surface area contributed by atoms with Crippen LogP contribution in [0.4, 0.5) is 10.1 Å². The Morgan fingerprint density at radius 2 is 1.64 bits per heavy atom. The summed E-state index contributed by atoms with van der Waals surface area (Å²) in [6.45, 7) is -0.759. The molecule has 0 heterocycles. The van der Waals surface area contributed by atoms with E-state index in [4.69, 9.17) is 9.47 Å². The van der Waals surface area contributed by atoms with Crippen LogP contribution >= 0.6 is 0 Å². The summed E-state index contributed by atoms with van der Waals surface area (Å²) >= 11 is 0. The molecule has 0 bridgehead atoms. The lowest BCUT2D eigenvalue weighted by Crippen LogP contribution is -2.35. The molecule has 0 aliphatic rings. The highest BCUT2D eigenvalue weighted by Gasteiger charge is 2.10. The second-order valence-electron chi connectivity index (χ2n) is 5.84. The average molecular weight is 388 g/mol. The van der Waals surface area contributed by atoms with Gasteiger partial charge in [0.1, 0.15) is 11.6 Å². The van der Waals surface area contributed by atoms with E-state index < -0.39 is 30.2 Å². The molecule has 2 N–H and O–H groups in total. The van der Waals surface area contributed by atoms with Gasteiger partial charge in [0.05, 0.1) is 13.7 Å². The molecule has 0 aromatic heterocycles. The van der Waals surface area contributed by atoms with Crippen molar-refractivity contribution in [3.05, 3.63) is 59.9 Å². The first-order valence-corrected chi connectivity index (χ1v) is 8.57. The Morgan fingerprint density at radius 1 is 0.964 bits per heavy atom. The third-order valence-corrected chi connectivity index (χ3v) is 3.72. The normalized spacial score (nSPS) is 10.1. The molecular formula is C20H21FN2O5. The molecular weight excluding hydrogens is 367 g/mol. The number of anilines is 1. The maximum Gasteiger partial charge on any atom is 0.306 e. The number of amides is 2. The number of carbonyl (C=O) groups excluding carboxylic acids is 3. The van der Waals surface area contributed by atoms with Crippen LogP contribution in [0.1, 0.15) is 12.0 Å². The van der Waals surface area contributed by atoms with Crippen molar-refractivity contribution in [3.63, 3.8) is 0 Å². The molecule has 2 aromatic carbocycles. The summed E-state index contributed by atoms with van der Waals surface area (Å²) in [6, 6.07) is 12.5. The van der Waals surface area contributed by atoms with E-state index in [9.17, 15) is 18.8 Å². The minimum atomic E-state index is -0.591. The summed E-state index contributed by atoms with van der Waals surface area (Å²) < 4.78 is 22.7. The number of methoxy groups -OCH3 is 1. The molecule has 8 heteroatoms. The van der Waals surface area contributed by atoms with Gasteiger partial charge in [0.2, 0.25) is 5.91 Å². The highest BCUT2D eigenvalue weighted by Crippen LogP contribution is 2.12. The van der Waals surface area contributed by atoms with E-state index in [1.807, 2.05) is 12.1 Å². The lowest BCUT2D eigenvalue weighted by Gasteiger charge is -2.08. The van der Waals surface area contributed by atoms with Crippen LogP contribution in [0.25, 0.3) is 0 Å². The van der Waals surface area contributed by atoms with E-state index in [0.29, 0.717) is 12.1 Å². The molecule has 2 aromatic rings. The fourth-order valence-corrected chi connectivity index (χ4v) is 2.23. The lowest BCUT2D eigenvalue weighted by molar-refractivity contribution is -0.148. The molecule has 28 heavy (non-hydrogen) atoms. The largest absolute Gasteiger partial charge is 0.497 e. The molecule has 0 saturated heterocycles. The van der Waals surface area contributed by atoms with Gasteiger partial charge in [0.25, 0.3) is 5.91 Å². The number of halogens is 1. The van der Waals surface area contributed by atoms with Gasteiger partial charge >= 0.3 is 5.97 Å². The standard InChI is InChI=1S/C20H21FN2O5/c1-27-17-9-2-14(3-10-17)4-11-20(26)28-13-19(25)22-12-18(24)23-16-7-5-15(21)6-8-16/h2-3,5-10H,4,11-13H2,1H3,(H,22,25)(H,23,24). The van der Waals surface area contributed by atoms with E-state index in [0.717, 1.165) is 11.3 Å². The predicted octanol–water partition coefficient (Wildman–Crippen LogP) is 2.06. The minimum Gasteiger partial charge on any atom is -0.497 e. The van der Waals surface area contributed by atoms with Crippen molar-refractivity contribution in [1.82, 2.24) is 5.32 Å². The molecule has 0 spiro atoms. The number of benzene rings is 2. The van der Waals surface area contributed by atoms with Crippen LogP contribution in [-0.2, 0) is 25.5 Å². The second kappa shape index (κ2) is 10.7. The third-order valence-electron chi connectivity index (χ3n) is 3.72. The van der Waals surface area contributed by atoms with Crippen LogP contribution in [0.3, 0.4) is 0 Å². The van der Waals surface area contributed by atoms with Crippen LogP contribution in [0.15, 0.2) is 48.5 Å². The highest BCUT2D eigenvalue weighted by molar-refractivity contribution is 5.94. The van der Waals surface area contributed by atoms with Gasteiger partial charge in [-0.1, -0.05) is 12.1 Å². The summed E-state index contributed by atoms with van der Waals surface area (Å²) in [5.74, 6) is -1.27. The molecule has 0 radical (unpaired) electrons. The predicted molar refractivity (Wildman–Crippen MR) is 100 cm³/mol. The summed E-state index contributed by atoms with van der Waals surface area (Å²) in [5, 5.41) is 4.84. The molecule has 2 rings (SSSR count). The van der Waals surface area contributed by atoms with E-state index >= 15 is 0 Å². The highest BCUT2D eigenvalue weighted by atomic mass is 19.1. The first-order chi connectivity index (χ1) is 13.5. The average Bonchev–Trinajstić information content (AvgIpc) is 2.71. The van der Waals surface area contributed by atoms with Crippen molar-refractivity contribution in [2.75, 3.05) is 25.6 Å². The minimum absolute atomic E-state index is 0.130. The maximum atomic E-state index is 12.8. The van der Waals surface area contributed by atoms with Gasteiger partial charge in [-0.2, -0.15) is 0 Å².